The van der Waals surface area contributed by atoms with Gasteiger partial charge in [0.15, 0.2) is 0 Å². The van der Waals surface area contributed by atoms with Gasteiger partial charge < -0.3 is 20.1 Å². The number of carbonyl (C=O) groups excluding carboxylic acids is 2. The molecule has 2 N–H and O–H groups in total. The number of hydrogen-bond donors (Lipinski definition) is 2. The summed E-state index contributed by atoms with van der Waals surface area (Å²) >= 11 is 0. The van der Waals surface area contributed by atoms with Crippen LogP contribution in [0, 0.1) is 5.92 Å². The Labute approximate surface area is 220 Å². The van der Waals surface area contributed by atoms with Crippen LogP contribution in [0.15, 0.2) is 42.7 Å². The van der Waals surface area contributed by atoms with Crippen LogP contribution < -0.4 is 10.1 Å². The maximum absolute atomic E-state index is 13.3. The van der Waals surface area contributed by atoms with Crippen molar-refractivity contribution in [1.29, 1.82) is 0 Å². The molecule has 1 aromatic carbocycles. The molecule has 0 radical (unpaired) electrons. The zero-order valence-electron chi connectivity index (χ0n) is 21.9. The third-order valence-electron chi connectivity index (χ3n) is 6.53. The van der Waals surface area contributed by atoms with Crippen LogP contribution in [0.3, 0.4) is 0 Å². The van der Waals surface area contributed by atoms with Crippen molar-refractivity contribution in [2.24, 2.45) is 5.92 Å². The molecule has 0 saturated heterocycles. The van der Waals surface area contributed by atoms with Crippen LogP contribution in [0.1, 0.15) is 37.8 Å². The van der Waals surface area contributed by atoms with E-state index in [-0.39, 0.29) is 36.6 Å². The summed E-state index contributed by atoms with van der Waals surface area (Å²) in [5.41, 5.74) is 1.89. The maximum atomic E-state index is 13.3. The van der Waals surface area contributed by atoms with Gasteiger partial charge in [-0.15, -0.1) is 0 Å². The number of nitrogens with zero attached hydrogens (tertiary/aromatic N) is 3. The molecule has 0 bridgehead atoms. The van der Waals surface area contributed by atoms with Crippen LogP contribution in [0.2, 0.25) is 0 Å². The number of alkyl halides is 3. The molecule has 0 unspecified atom stereocenters. The van der Waals surface area contributed by atoms with Crippen molar-refractivity contribution in [1.82, 2.24) is 14.8 Å². The number of likely N-dealkylation sites (N-methyl/N-ethyl adjacent to an activating group) is 1. The topological polar surface area (TPSA) is 95.0 Å². The largest absolute Gasteiger partial charge is 0.488 e. The molecule has 0 spiro atoms. The molecule has 38 heavy (non-hydrogen) atoms. The Balaban J connectivity index is 1.84. The van der Waals surface area contributed by atoms with Crippen molar-refractivity contribution in [2.75, 3.05) is 32.1 Å². The highest BCUT2D eigenvalue weighted by molar-refractivity contribution is 5.91. The van der Waals surface area contributed by atoms with Crippen molar-refractivity contribution in [3.63, 3.8) is 0 Å². The molecule has 208 valence electrons. The average molecular weight is 537 g/mol. The monoisotopic (exact) mass is 536 g/mol. The van der Waals surface area contributed by atoms with Crippen LogP contribution in [0.25, 0.3) is 0 Å². The fraction of sp³-hybridized carbons (Fsp3) is 0.519. The van der Waals surface area contributed by atoms with Gasteiger partial charge in [0, 0.05) is 55.6 Å². The predicted molar refractivity (Wildman–Crippen MR) is 136 cm³/mol. The Bertz CT molecular complexity index is 1080. The van der Waals surface area contributed by atoms with Gasteiger partial charge in [-0.05, 0) is 49.9 Å². The van der Waals surface area contributed by atoms with Crippen molar-refractivity contribution in [3.05, 3.63) is 53.9 Å². The smallest absolute Gasteiger partial charge is 0.389 e. The summed E-state index contributed by atoms with van der Waals surface area (Å²) in [6, 6.07) is 8.22. The first-order valence-electron chi connectivity index (χ1n) is 12.6. The zero-order chi connectivity index (χ0) is 27.9. The number of carbonyl (C=O) groups is 2. The molecule has 2 amide bonds. The maximum Gasteiger partial charge on any atom is 0.389 e. The molecule has 11 heteroatoms. The molecule has 8 nitrogen and oxygen atoms in total. The molecule has 1 aliphatic rings. The quantitative estimate of drug-likeness (QED) is 0.508. The highest BCUT2D eigenvalue weighted by Gasteiger charge is 2.31. The molecule has 3 rings (SSSR count). The fourth-order valence-electron chi connectivity index (χ4n) is 4.38. The van der Waals surface area contributed by atoms with Crippen LogP contribution in [-0.4, -0.2) is 76.8 Å². The SMILES string of the molecule is C[C@@H]1CN([C@H](C)CO)C(=O)Cc2cc(NC(=O)CCC(F)(F)F)ccc2O[C@@H]1CN(C)Cc1ccncc1. The fourth-order valence-corrected chi connectivity index (χ4v) is 4.38. The van der Waals surface area contributed by atoms with Gasteiger partial charge in [-0.3, -0.25) is 19.5 Å². The first-order chi connectivity index (χ1) is 17.9. The lowest BCUT2D eigenvalue weighted by Gasteiger charge is -2.34. The van der Waals surface area contributed by atoms with Gasteiger partial charge in [-0.1, -0.05) is 6.92 Å². The summed E-state index contributed by atoms with van der Waals surface area (Å²) in [4.78, 5) is 33.1. The van der Waals surface area contributed by atoms with E-state index in [4.69, 9.17) is 4.74 Å². The molecule has 1 aromatic heterocycles. The first-order valence-corrected chi connectivity index (χ1v) is 12.6. The molecular formula is C27H35F3N4O4. The van der Waals surface area contributed by atoms with E-state index in [0.717, 1.165) is 5.56 Å². The number of anilines is 1. The zero-order valence-corrected chi connectivity index (χ0v) is 21.9. The highest BCUT2D eigenvalue weighted by atomic mass is 19.4. The number of aliphatic hydroxyl groups excluding tert-OH is 1. The summed E-state index contributed by atoms with van der Waals surface area (Å²) in [6.45, 7) is 5.16. The second kappa shape index (κ2) is 13.1. The number of amides is 2. The number of pyridine rings is 1. The first kappa shape index (κ1) is 29.4. The van der Waals surface area contributed by atoms with Gasteiger partial charge in [0.25, 0.3) is 0 Å². The molecule has 2 heterocycles. The third-order valence-corrected chi connectivity index (χ3v) is 6.53. The second-order valence-corrected chi connectivity index (χ2v) is 9.93. The van der Waals surface area contributed by atoms with E-state index in [0.29, 0.717) is 30.9 Å². The predicted octanol–water partition coefficient (Wildman–Crippen LogP) is 3.64. The Morgan fingerprint density at radius 3 is 2.66 bits per heavy atom. The van der Waals surface area contributed by atoms with Crippen LogP contribution in [0.5, 0.6) is 5.75 Å². The van der Waals surface area contributed by atoms with E-state index in [1.807, 2.05) is 26.1 Å². The van der Waals surface area contributed by atoms with E-state index in [1.165, 1.54) is 0 Å². The number of benzene rings is 1. The number of rotatable bonds is 9. The van der Waals surface area contributed by atoms with E-state index < -0.39 is 31.0 Å². The average Bonchev–Trinajstić information content (AvgIpc) is 2.90. The number of aromatic nitrogens is 1. The summed E-state index contributed by atoms with van der Waals surface area (Å²) in [5, 5.41) is 12.3. The van der Waals surface area contributed by atoms with Crippen LogP contribution >= 0.6 is 0 Å². The number of nitrogens with one attached hydrogen (secondary N) is 1. The van der Waals surface area contributed by atoms with Gasteiger partial charge in [0.2, 0.25) is 11.8 Å². The number of hydrogen-bond acceptors (Lipinski definition) is 6. The van der Waals surface area contributed by atoms with Crippen molar-refractivity contribution in [2.45, 2.75) is 58.0 Å². The van der Waals surface area contributed by atoms with E-state index in [9.17, 15) is 27.9 Å². The Kier molecular flexibility index (Phi) is 10.1. The Morgan fingerprint density at radius 1 is 1.29 bits per heavy atom. The molecule has 0 saturated carbocycles. The number of halogens is 3. The van der Waals surface area contributed by atoms with Crippen LogP contribution in [-0.2, 0) is 22.6 Å². The lowest BCUT2D eigenvalue weighted by molar-refractivity contribution is -0.142. The molecule has 0 fully saturated rings. The minimum atomic E-state index is -4.43. The molecule has 1 aliphatic heterocycles. The third kappa shape index (κ3) is 8.70. The Hall–Kier alpha value is -3.18. The van der Waals surface area contributed by atoms with Gasteiger partial charge in [-0.25, -0.2) is 0 Å². The summed E-state index contributed by atoms with van der Waals surface area (Å²) < 4.78 is 43.9. The lowest BCUT2D eigenvalue weighted by Crippen LogP contribution is -2.47. The van der Waals surface area contributed by atoms with Gasteiger partial charge >= 0.3 is 6.18 Å². The minimum absolute atomic E-state index is 0.0434. The number of ether oxygens (including phenoxy) is 1. The second-order valence-electron chi connectivity index (χ2n) is 9.93. The summed E-state index contributed by atoms with van der Waals surface area (Å²) in [7, 11) is 1.98. The molecule has 3 atom stereocenters. The number of aliphatic hydroxyl groups is 1. The van der Waals surface area contributed by atoms with Gasteiger partial charge in [0.1, 0.15) is 11.9 Å². The van der Waals surface area contributed by atoms with Crippen molar-refractivity contribution >= 4 is 17.5 Å². The molecule has 0 aliphatic carbocycles. The summed E-state index contributed by atoms with van der Waals surface area (Å²) in [5.74, 6) is -0.591. The summed E-state index contributed by atoms with van der Waals surface area (Å²) in [6.07, 6.45) is -3.22. The lowest BCUT2D eigenvalue weighted by atomic mass is 10.0. The Morgan fingerprint density at radius 2 is 2.00 bits per heavy atom. The normalized spacial score (nSPS) is 19.2. The van der Waals surface area contributed by atoms with E-state index in [1.54, 1.807) is 42.4 Å². The van der Waals surface area contributed by atoms with Gasteiger partial charge in [0.05, 0.1) is 25.5 Å². The van der Waals surface area contributed by atoms with Crippen molar-refractivity contribution in [3.8, 4) is 5.75 Å². The van der Waals surface area contributed by atoms with Crippen LogP contribution in [0.4, 0.5) is 18.9 Å². The standard InChI is InChI=1S/C27H35F3N4O4/c1-18-14-34(19(2)17-35)26(37)13-21-12-22(32-25(36)6-9-27(28,29)30)4-5-23(21)38-24(18)16-33(3)15-20-7-10-31-11-8-20/h4-5,7-8,10-12,18-19,24,35H,6,9,13-17H2,1-3H3,(H,32,36)/t18-,19-,24-/m1/s1. The van der Waals surface area contributed by atoms with Crippen molar-refractivity contribution < 1.29 is 32.6 Å². The van der Waals surface area contributed by atoms with E-state index >= 15 is 0 Å². The van der Waals surface area contributed by atoms with E-state index in [2.05, 4.69) is 15.2 Å². The highest BCUT2D eigenvalue weighted by Crippen LogP contribution is 2.30. The molecule has 2 aromatic rings. The molecular weight excluding hydrogens is 501 g/mol. The van der Waals surface area contributed by atoms with Gasteiger partial charge in [-0.2, -0.15) is 13.2 Å². The minimum Gasteiger partial charge on any atom is -0.488 e. The number of fused-ring (bicyclic) bond motifs is 1.